The predicted molar refractivity (Wildman–Crippen MR) is 209 cm³/mol. The minimum absolute atomic E-state index is 0.0151. The smallest absolute Gasteiger partial charge is 0.189 e. The second kappa shape index (κ2) is 17.9. The quantitative estimate of drug-likeness (QED) is 0.100. The molecule has 9 unspecified atom stereocenters. The van der Waals surface area contributed by atoms with Crippen LogP contribution in [-0.2, 0) is 33.2 Å². The van der Waals surface area contributed by atoms with Crippen LogP contribution in [0.15, 0.2) is 11.6 Å². The number of rotatable bonds is 11. The van der Waals surface area contributed by atoms with Gasteiger partial charge in [-0.05, 0) is 91.8 Å². The normalized spacial score (nSPS) is 55.7. The molecule has 8 aliphatic rings. The first kappa shape index (κ1) is 47.5. The van der Waals surface area contributed by atoms with Gasteiger partial charge in [0, 0.05) is 18.9 Å². The monoisotopic (exact) mass is 890 g/mol. The van der Waals surface area contributed by atoms with Gasteiger partial charge in [0.05, 0.1) is 18.8 Å². The van der Waals surface area contributed by atoms with Gasteiger partial charge in [0.15, 0.2) is 37.2 Å². The van der Waals surface area contributed by atoms with Crippen molar-refractivity contribution < 1.29 is 94.4 Å². The zero-order chi connectivity index (χ0) is 44.8. The Hall–Kier alpha value is -1.02. The van der Waals surface area contributed by atoms with Crippen LogP contribution in [0, 0.1) is 46.3 Å². The van der Waals surface area contributed by atoms with Crippen molar-refractivity contribution in [2.75, 3.05) is 13.2 Å². The van der Waals surface area contributed by atoms with E-state index < -0.39 is 111 Å². The molecule has 26 atom stereocenters. The largest absolute Gasteiger partial charge is 0.396 e. The maximum atomic E-state index is 11.9. The summed E-state index contributed by atoms with van der Waals surface area (Å²) in [5.41, 5.74) is 1.14. The fourth-order valence-corrected chi connectivity index (χ4v) is 13.1. The van der Waals surface area contributed by atoms with Crippen LogP contribution < -0.4 is 0 Å². The van der Waals surface area contributed by atoms with E-state index in [0.29, 0.717) is 43.4 Å². The van der Waals surface area contributed by atoms with Crippen molar-refractivity contribution in [3.8, 4) is 0 Å². The SMILES string of the molecule is C[C@@H](CO)CCC1(O)OC2C[C@H]3[C@@H]4CC=C5CC(O[C@@H]6OC(CO)[C@@H](O[C@@H]7OC(O)[C@H](O)C(O)[C@@H]7O)C(O)[C@@H]6O[C@@H]6OC(O)[C@H](O)C(O)[C@@H]6O)CC[C@]5(C)[C@H]4CC[C@]3(C)[C@H]2[C@@H]1C. The molecule has 4 heterocycles. The third kappa shape index (κ3) is 8.05. The molecule has 8 rings (SSSR count). The second-order valence-corrected chi connectivity index (χ2v) is 20.3. The first-order valence-corrected chi connectivity index (χ1v) is 22.6. The van der Waals surface area contributed by atoms with Crippen LogP contribution in [-0.4, -0.2) is 185 Å². The van der Waals surface area contributed by atoms with Crippen molar-refractivity contribution in [2.24, 2.45) is 46.3 Å². The fourth-order valence-electron chi connectivity index (χ4n) is 13.1. The molecule has 0 bridgehead atoms. The summed E-state index contributed by atoms with van der Waals surface area (Å²) in [6.07, 6.45) is -18.2. The van der Waals surface area contributed by atoms with Crippen molar-refractivity contribution in [3.05, 3.63) is 11.6 Å². The van der Waals surface area contributed by atoms with E-state index in [1.807, 2.05) is 6.92 Å². The molecule has 0 amide bonds. The number of aliphatic hydroxyl groups is 12. The molecule has 19 heteroatoms. The highest BCUT2D eigenvalue weighted by Gasteiger charge is 2.68. The lowest BCUT2D eigenvalue weighted by Gasteiger charge is -2.58. The Morgan fingerprint density at radius 2 is 1.37 bits per heavy atom. The maximum Gasteiger partial charge on any atom is 0.189 e. The molecule has 0 aromatic heterocycles. The number of ether oxygens (including phenoxy) is 7. The Morgan fingerprint density at radius 3 is 1.98 bits per heavy atom. The summed E-state index contributed by atoms with van der Waals surface area (Å²) >= 11 is 0. The second-order valence-electron chi connectivity index (χ2n) is 20.3. The van der Waals surface area contributed by atoms with Crippen LogP contribution in [0.2, 0.25) is 0 Å². The van der Waals surface area contributed by atoms with E-state index in [9.17, 15) is 61.3 Å². The van der Waals surface area contributed by atoms with Gasteiger partial charge in [0.25, 0.3) is 0 Å². The highest BCUT2D eigenvalue weighted by Crippen LogP contribution is 2.70. The maximum absolute atomic E-state index is 11.9. The molecular weight excluding hydrogens is 820 g/mol. The van der Waals surface area contributed by atoms with Gasteiger partial charge in [0.1, 0.15) is 61.0 Å². The summed E-state index contributed by atoms with van der Waals surface area (Å²) in [5, 5.41) is 126. The highest BCUT2D eigenvalue weighted by atomic mass is 16.8. The van der Waals surface area contributed by atoms with Crippen LogP contribution in [0.25, 0.3) is 0 Å². The van der Waals surface area contributed by atoms with Gasteiger partial charge in [0.2, 0.25) is 0 Å². The fraction of sp³-hybridized carbons (Fsp3) is 0.953. The van der Waals surface area contributed by atoms with Crippen LogP contribution in [0.3, 0.4) is 0 Å². The molecule has 0 aromatic carbocycles. The zero-order valence-electron chi connectivity index (χ0n) is 35.9. The van der Waals surface area contributed by atoms with Crippen LogP contribution in [0.5, 0.6) is 0 Å². The molecule has 4 aliphatic carbocycles. The molecule has 62 heavy (non-hydrogen) atoms. The van der Waals surface area contributed by atoms with Gasteiger partial charge in [-0.15, -0.1) is 0 Å². The summed E-state index contributed by atoms with van der Waals surface area (Å²) in [7, 11) is 0. The molecule has 19 nitrogen and oxygen atoms in total. The summed E-state index contributed by atoms with van der Waals surface area (Å²) in [6, 6.07) is 0. The van der Waals surface area contributed by atoms with Crippen LogP contribution >= 0.6 is 0 Å². The average molecular weight is 891 g/mol. The lowest BCUT2D eigenvalue weighted by Crippen LogP contribution is -2.67. The van der Waals surface area contributed by atoms with Crippen LogP contribution in [0.4, 0.5) is 0 Å². The Bertz CT molecular complexity index is 1590. The van der Waals surface area contributed by atoms with E-state index in [-0.39, 0.29) is 41.3 Å². The van der Waals surface area contributed by atoms with Crippen molar-refractivity contribution >= 4 is 0 Å². The minimum atomic E-state index is -1.98. The van der Waals surface area contributed by atoms with Crippen LogP contribution in [0.1, 0.15) is 85.5 Å². The van der Waals surface area contributed by atoms with Gasteiger partial charge < -0.3 is 94.4 Å². The van der Waals surface area contributed by atoms with Gasteiger partial charge in [-0.1, -0.05) is 39.3 Å². The number of fused-ring (bicyclic) bond motifs is 7. The third-order valence-corrected chi connectivity index (χ3v) is 16.9. The van der Waals surface area contributed by atoms with Gasteiger partial charge in [-0.2, -0.15) is 0 Å². The molecule has 4 aliphatic heterocycles. The van der Waals surface area contributed by atoms with E-state index in [2.05, 4.69) is 26.8 Å². The molecule has 3 saturated carbocycles. The number of hydrogen-bond acceptors (Lipinski definition) is 19. The Kier molecular flexibility index (Phi) is 13.7. The van der Waals surface area contributed by atoms with Gasteiger partial charge in [-0.25, -0.2) is 0 Å². The minimum Gasteiger partial charge on any atom is -0.396 e. The number of aliphatic hydroxyl groups excluding tert-OH is 11. The third-order valence-electron chi connectivity index (χ3n) is 16.9. The summed E-state index contributed by atoms with van der Waals surface area (Å²) in [6.45, 7) is 8.17. The molecular formula is C43H70O19. The lowest BCUT2D eigenvalue weighted by atomic mass is 9.47. The van der Waals surface area contributed by atoms with Gasteiger partial charge in [-0.3, -0.25) is 0 Å². The van der Waals surface area contributed by atoms with E-state index in [4.69, 9.17) is 33.2 Å². The van der Waals surface area contributed by atoms with Crippen molar-refractivity contribution in [1.29, 1.82) is 0 Å². The van der Waals surface area contributed by atoms with Crippen molar-refractivity contribution in [2.45, 2.75) is 196 Å². The standard InChI is InChI=1S/C43H70O19/c1-17(15-44)7-12-43(55)18(2)26-24(62-43)14-23-21-6-5-19-13-20(8-10-41(19,3)22(21)9-11-42(23,26)4)56-40-35(59-39-32(51)28(47)30(49)37(54)61-39)33(52)34(25(16-45)57-40)58-38-31(50)27(46)29(48)36(53)60-38/h5,17-18,20-40,44-55H,6-16H2,1-4H3/t17-,18+,20?,21-,22+,23+,24?,25?,26+,27?,28?,29-,30-,31+,32+,33?,34-,35+,36?,37?,38-,39-,40-,41+,42+,43?/m1/s1. The van der Waals surface area contributed by atoms with Gasteiger partial charge >= 0.3 is 0 Å². The van der Waals surface area contributed by atoms with Crippen molar-refractivity contribution in [1.82, 2.24) is 0 Å². The molecule has 356 valence electrons. The van der Waals surface area contributed by atoms with E-state index in [1.165, 1.54) is 5.57 Å². The Labute approximate surface area is 361 Å². The predicted octanol–water partition coefficient (Wildman–Crippen LogP) is -1.94. The van der Waals surface area contributed by atoms with E-state index in [1.54, 1.807) is 0 Å². The number of allylic oxidation sites excluding steroid dienone is 1. The summed E-state index contributed by atoms with van der Waals surface area (Å²) in [4.78, 5) is 0. The molecule has 0 aromatic rings. The number of hydrogen-bond donors (Lipinski definition) is 12. The lowest BCUT2D eigenvalue weighted by molar-refractivity contribution is -0.405. The topological polar surface area (TPSA) is 307 Å². The molecule has 0 spiro atoms. The summed E-state index contributed by atoms with van der Waals surface area (Å²) < 4.78 is 41.5. The first-order chi connectivity index (χ1) is 29.3. The van der Waals surface area contributed by atoms with E-state index in [0.717, 1.165) is 32.1 Å². The Balaban J connectivity index is 0.982. The Morgan fingerprint density at radius 1 is 0.742 bits per heavy atom. The average Bonchev–Trinajstić information content (AvgIpc) is 3.68. The van der Waals surface area contributed by atoms with E-state index >= 15 is 0 Å². The highest BCUT2D eigenvalue weighted by molar-refractivity contribution is 5.26. The first-order valence-electron chi connectivity index (χ1n) is 22.6. The zero-order valence-corrected chi connectivity index (χ0v) is 35.9. The summed E-state index contributed by atoms with van der Waals surface area (Å²) in [5.74, 6) is 0.378. The molecule has 4 saturated heterocycles. The molecule has 7 fully saturated rings. The van der Waals surface area contributed by atoms with Crippen molar-refractivity contribution in [3.63, 3.8) is 0 Å². The molecule has 12 N–H and O–H groups in total. The molecule has 0 radical (unpaired) electrons.